The number of imidazole rings is 1. The minimum Gasteiger partial charge on any atom is -0.495 e. The molecule has 4 rings (SSSR count). The van der Waals surface area contributed by atoms with E-state index in [0.29, 0.717) is 16.5 Å². The van der Waals surface area contributed by atoms with Crippen molar-refractivity contribution in [2.75, 3.05) is 7.11 Å². The van der Waals surface area contributed by atoms with Gasteiger partial charge in [0.15, 0.2) is 0 Å². The quantitative estimate of drug-likeness (QED) is 0.327. The molecule has 176 valence electrons. The summed E-state index contributed by atoms with van der Waals surface area (Å²) in [6, 6.07) is 17.9. The third kappa shape index (κ3) is 4.67. The van der Waals surface area contributed by atoms with Gasteiger partial charge in [0.2, 0.25) is 0 Å². The first-order valence-corrected chi connectivity index (χ1v) is 10.8. The van der Waals surface area contributed by atoms with Gasteiger partial charge in [-0.25, -0.2) is 4.98 Å². The number of alkyl halides is 3. The molecule has 0 bridgehead atoms. The Kier molecular flexibility index (Phi) is 6.18. The Labute approximate surface area is 200 Å². The van der Waals surface area contributed by atoms with Gasteiger partial charge in [0.1, 0.15) is 17.2 Å². The molecule has 34 heavy (non-hydrogen) atoms. The summed E-state index contributed by atoms with van der Waals surface area (Å²) in [4.78, 5) is 4.40. The minimum absolute atomic E-state index is 0.0727. The fourth-order valence-electron chi connectivity index (χ4n) is 3.65. The molecule has 1 heterocycles. The summed E-state index contributed by atoms with van der Waals surface area (Å²) in [5, 5.41) is 11.0. The summed E-state index contributed by atoms with van der Waals surface area (Å²) in [6.45, 7) is 3.07. The lowest BCUT2D eigenvalue weighted by Gasteiger charge is -2.14. The first kappa shape index (κ1) is 23.9. The van der Waals surface area contributed by atoms with Crippen molar-refractivity contribution >= 4 is 11.6 Å². The van der Waals surface area contributed by atoms with E-state index in [2.05, 4.69) is 4.98 Å². The molecule has 0 aliphatic carbocycles. The second kappa shape index (κ2) is 8.81. The normalized spacial score (nSPS) is 12.1. The fourth-order valence-corrected chi connectivity index (χ4v) is 3.91. The molecular formula is C26H22ClF3N2O2. The number of rotatable bonds is 5. The highest BCUT2D eigenvalue weighted by molar-refractivity contribution is 6.32. The maximum Gasteiger partial charge on any atom is 0.417 e. The molecule has 0 spiro atoms. The number of ether oxygens (including phenoxy) is 1. The number of methoxy groups -OCH3 is 1. The third-order valence-electron chi connectivity index (χ3n) is 5.44. The highest BCUT2D eigenvalue weighted by Gasteiger charge is 2.35. The van der Waals surface area contributed by atoms with E-state index in [-0.39, 0.29) is 17.1 Å². The maximum absolute atomic E-state index is 13.7. The second-order valence-electron chi connectivity index (χ2n) is 8.32. The molecule has 0 atom stereocenters. The van der Waals surface area contributed by atoms with Crippen molar-refractivity contribution in [2.24, 2.45) is 0 Å². The van der Waals surface area contributed by atoms with Crippen LogP contribution in [0, 0.1) is 0 Å². The van der Waals surface area contributed by atoms with Crippen molar-refractivity contribution < 1.29 is 23.0 Å². The predicted octanol–water partition coefficient (Wildman–Crippen LogP) is 7.11. The van der Waals surface area contributed by atoms with E-state index in [9.17, 15) is 18.3 Å². The van der Waals surface area contributed by atoms with Gasteiger partial charge >= 0.3 is 6.18 Å². The molecular weight excluding hydrogens is 465 g/mol. The molecule has 0 amide bonds. The van der Waals surface area contributed by atoms with E-state index in [4.69, 9.17) is 16.3 Å². The van der Waals surface area contributed by atoms with Crippen LogP contribution in [0.3, 0.4) is 0 Å². The zero-order valence-corrected chi connectivity index (χ0v) is 19.4. The lowest BCUT2D eigenvalue weighted by Crippen LogP contribution is -2.15. The molecule has 0 saturated heterocycles. The molecule has 4 aromatic rings. The van der Waals surface area contributed by atoms with Crippen LogP contribution in [0.1, 0.15) is 25.1 Å². The van der Waals surface area contributed by atoms with Gasteiger partial charge in [-0.3, -0.25) is 4.57 Å². The number of hydrogen-bond acceptors (Lipinski definition) is 3. The van der Waals surface area contributed by atoms with Crippen LogP contribution >= 0.6 is 11.6 Å². The predicted molar refractivity (Wildman–Crippen MR) is 126 cm³/mol. The van der Waals surface area contributed by atoms with Crippen molar-refractivity contribution in [1.29, 1.82) is 0 Å². The number of hydrogen-bond donors (Lipinski definition) is 1. The Morgan fingerprint density at radius 3 is 2.18 bits per heavy atom. The van der Waals surface area contributed by atoms with Crippen molar-refractivity contribution in [3.05, 3.63) is 89.2 Å². The number of nitrogens with zero attached hydrogens (tertiary/aromatic N) is 2. The van der Waals surface area contributed by atoms with Crippen molar-refractivity contribution in [3.8, 4) is 34.0 Å². The van der Waals surface area contributed by atoms with Gasteiger partial charge < -0.3 is 9.84 Å². The maximum atomic E-state index is 13.7. The Hall–Kier alpha value is -3.29. The van der Waals surface area contributed by atoms with Crippen LogP contribution < -0.4 is 4.74 Å². The molecule has 8 heteroatoms. The summed E-state index contributed by atoms with van der Waals surface area (Å²) < 4.78 is 47.9. The van der Waals surface area contributed by atoms with E-state index in [1.807, 2.05) is 18.2 Å². The summed E-state index contributed by atoms with van der Waals surface area (Å²) in [7, 11) is 1.54. The fraction of sp³-hybridized carbons (Fsp3) is 0.192. The topological polar surface area (TPSA) is 47.3 Å². The monoisotopic (exact) mass is 486 g/mol. The van der Waals surface area contributed by atoms with E-state index in [1.165, 1.54) is 39.2 Å². The van der Waals surface area contributed by atoms with Gasteiger partial charge in [-0.05, 0) is 55.3 Å². The Morgan fingerprint density at radius 1 is 0.941 bits per heavy atom. The number of aliphatic hydroxyl groups is 1. The van der Waals surface area contributed by atoms with Gasteiger partial charge in [-0.1, -0.05) is 48.0 Å². The van der Waals surface area contributed by atoms with Crippen molar-refractivity contribution in [3.63, 3.8) is 0 Å². The number of halogens is 4. The van der Waals surface area contributed by atoms with E-state index < -0.39 is 17.3 Å². The van der Waals surface area contributed by atoms with E-state index in [0.717, 1.165) is 17.2 Å². The van der Waals surface area contributed by atoms with Crippen LogP contribution in [0.2, 0.25) is 5.02 Å². The van der Waals surface area contributed by atoms with Gasteiger partial charge in [0.05, 0.1) is 23.4 Å². The van der Waals surface area contributed by atoms with Crippen LogP contribution in [0.4, 0.5) is 13.2 Å². The molecule has 0 unspecified atom stereocenters. The van der Waals surface area contributed by atoms with Gasteiger partial charge in [0, 0.05) is 17.4 Å². The summed E-state index contributed by atoms with van der Waals surface area (Å²) in [5.74, 6) is 0.651. The standard InChI is InChI=1S/C26H22ClF3N2O2/c1-25(2,33)23-15-32(24(31-23)19-6-4-5-7-20(19)26(28,29)30)18-11-8-16(9-12-18)17-10-13-22(34-3)21(27)14-17/h4-15,33H,1-3H3. The molecule has 0 aliphatic heterocycles. The highest BCUT2D eigenvalue weighted by atomic mass is 35.5. The third-order valence-corrected chi connectivity index (χ3v) is 5.73. The SMILES string of the molecule is COc1ccc(-c2ccc(-n3cc(C(C)(C)O)nc3-c3ccccc3C(F)(F)F)cc2)cc1Cl. The van der Waals surface area contributed by atoms with Gasteiger partial charge in [0.25, 0.3) is 0 Å². The molecule has 1 aromatic heterocycles. The first-order valence-electron chi connectivity index (χ1n) is 10.4. The largest absolute Gasteiger partial charge is 0.495 e. The van der Waals surface area contributed by atoms with Gasteiger partial charge in [-0.15, -0.1) is 0 Å². The van der Waals surface area contributed by atoms with Crippen LogP contribution in [-0.2, 0) is 11.8 Å². The minimum atomic E-state index is -4.56. The average molecular weight is 487 g/mol. The van der Waals surface area contributed by atoms with Crippen LogP contribution in [0.15, 0.2) is 72.9 Å². The molecule has 0 radical (unpaired) electrons. The van der Waals surface area contributed by atoms with Crippen LogP contribution in [0.5, 0.6) is 5.75 Å². The average Bonchev–Trinajstić information content (AvgIpc) is 3.25. The molecule has 0 fully saturated rings. The molecule has 4 nitrogen and oxygen atoms in total. The Morgan fingerprint density at radius 2 is 1.59 bits per heavy atom. The first-order chi connectivity index (χ1) is 16.0. The highest BCUT2D eigenvalue weighted by Crippen LogP contribution is 2.38. The molecule has 1 N–H and O–H groups in total. The Bertz CT molecular complexity index is 1320. The summed E-state index contributed by atoms with van der Waals surface area (Å²) in [5.41, 5.74) is 0.373. The van der Waals surface area contributed by atoms with Crippen molar-refractivity contribution in [2.45, 2.75) is 25.6 Å². The summed E-state index contributed by atoms with van der Waals surface area (Å²) >= 11 is 6.24. The zero-order chi connectivity index (χ0) is 24.7. The summed E-state index contributed by atoms with van der Waals surface area (Å²) in [6.07, 6.45) is -3.00. The van der Waals surface area contributed by atoms with E-state index >= 15 is 0 Å². The van der Waals surface area contributed by atoms with Crippen molar-refractivity contribution in [1.82, 2.24) is 9.55 Å². The molecule has 0 aliphatic rings. The number of benzene rings is 3. The van der Waals surface area contributed by atoms with E-state index in [1.54, 1.807) is 35.0 Å². The van der Waals surface area contributed by atoms with Crippen LogP contribution in [0.25, 0.3) is 28.2 Å². The van der Waals surface area contributed by atoms with Gasteiger partial charge in [-0.2, -0.15) is 13.2 Å². The molecule has 0 saturated carbocycles. The molecule has 3 aromatic carbocycles. The second-order valence-corrected chi connectivity index (χ2v) is 8.73. The lowest BCUT2D eigenvalue weighted by molar-refractivity contribution is -0.137. The smallest absolute Gasteiger partial charge is 0.417 e. The Balaban J connectivity index is 1.83. The lowest BCUT2D eigenvalue weighted by atomic mass is 10.0. The van der Waals surface area contributed by atoms with Crippen LogP contribution in [-0.4, -0.2) is 21.8 Å². The number of aromatic nitrogens is 2. The zero-order valence-electron chi connectivity index (χ0n) is 18.7.